The summed E-state index contributed by atoms with van der Waals surface area (Å²) in [5.74, 6) is -4.61. The lowest BCUT2D eigenvalue weighted by atomic mass is 9.86. The molecular weight excluding hydrogens is 654 g/mol. The number of fused-ring (bicyclic) bond motifs is 3. The number of amides is 1. The first-order valence-electron chi connectivity index (χ1n) is 16.5. The zero-order valence-electron chi connectivity index (χ0n) is 27.4. The molecule has 1 spiro atoms. The molecule has 8 N–H and O–H groups in total. The van der Waals surface area contributed by atoms with Gasteiger partial charge in [0.2, 0.25) is 5.79 Å². The zero-order chi connectivity index (χ0) is 36.0. The molecule has 0 aromatic heterocycles. The highest BCUT2D eigenvalue weighted by molar-refractivity contribution is 6.43. The second kappa shape index (κ2) is 13.7. The standard InChI is InChI=1S/C35H41N3O12/c1-2-22-23(37-17-36-22)13-19-12-18(4-6-24(19)41)5-7-27(43)38-28-20(15-34(38,33(47)48)9-3-11-39)14-25(42)31-21(28)8-10-35(50-31)32(46)30(45)29(44)26(16-40)49-35/h4-7,12,14,26,29-30,32,39-42,44-46H,2-3,8-11,13,15-17H2,1H3,(H,47,48)/t26-,29-,30+,32-,34-,35+/m1/s1. The first-order valence-corrected chi connectivity index (χ1v) is 16.5. The van der Waals surface area contributed by atoms with Gasteiger partial charge in [0.1, 0.15) is 42.4 Å². The Morgan fingerprint density at radius 1 is 1.06 bits per heavy atom. The Morgan fingerprint density at radius 3 is 2.52 bits per heavy atom. The van der Waals surface area contributed by atoms with Crippen LogP contribution in [0.25, 0.3) is 6.08 Å². The molecule has 4 aliphatic heterocycles. The number of anilines is 1. The molecule has 1 amide bonds. The molecule has 15 nitrogen and oxygen atoms in total. The van der Waals surface area contributed by atoms with Crippen LogP contribution in [-0.4, -0.2) is 120 Å². The second-order valence-corrected chi connectivity index (χ2v) is 13.0. The normalized spacial score (nSPS) is 28.7. The van der Waals surface area contributed by atoms with Crippen LogP contribution < -0.4 is 9.64 Å². The molecular formula is C35H41N3O12. The van der Waals surface area contributed by atoms with Crippen molar-refractivity contribution in [1.29, 1.82) is 0 Å². The van der Waals surface area contributed by atoms with E-state index in [0.717, 1.165) is 16.3 Å². The Kier molecular flexibility index (Phi) is 9.74. The SMILES string of the molecule is CCC1=NCN=C1Cc1cc(C=CC(=O)N2c3c(cc(O)c4c3CC[C@@]3(O4)O[C@H](CO)[C@@H](O)[C@H](O)[C@H]3O)C[C@]2(CCCO)C(=O)O)ccc1O. The molecule has 1 fully saturated rings. The molecule has 4 heterocycles. The molecule has 0 bridgehead atoms. The van der Waals surface area contributed by atoms with Crippen molar-refractivity contribution >= 4 is 35.1 Å². The average Bonchev–Trinajstić information content (AvgIpc) is 3.70. The van der Waals surface area contributed by atoms with E-state index in [4.69, 9.17) is 9.47 Å². The van der Waals surface area contributed by atoms with Gasteiger partial charge in [-0.05, 0) is 61.1 Å². The van der Waals surface area contributed by atoms with Crippen LogP contribution in [0.4, 0.5) is 5.69 Å². The van der Waals surface area contributed by atoms with E-state index in [1.807, 2.05) is 6.92 Å². The van der Waals surface area contributed by atoms with Gasteiger partial charge in [0.05, 0.1) is 23.7 Å². The number of aliphatic hydroxyl groups excluding tert-OH is 5. The first kappa shape index (κ1) is 35.4. The Balaban J connectivity index is 1.38. The van der Waals surface area contributed by atoms with Gasteiger partial charge in [0.15, 0.2) is 11.5 Å². The van der Waals surface area contributed by atoms with E-state index < -0.39 is 60.0 Å². The van der Waals surface area contributed by atoms with Crippen LogP contribution in [0.5, 0.6) is 17.2 Å². The predicted octanol–water partition coefficient (Wildman–Crippen LogP) is 0.597. The number of hydrogen-bond acceptors (Lipinski definition) is 13. The van der Waals surface area contributed by atoms with Gasteiger partial charge < -0.3 is 50.3 Å². The fourth-order valence-electron chi connectivity index (χ4n) is 7.45. The van der Waals surface area contributed by atoms with Gasteiger partial charge in [-0.3, -0.25) is 19.7 Å². The second-order valence-electron chi connectivity index (χ2n) is 13.0. The van der Waals surface area contributed by atoms with Crippen molar-refractivity contribution in [1.82, 2.24) is 0 Å². The highest BCUT2D eigenvalue weighted by Crippen LogP contribution is 2.54. The Morgan fingerprint density at radius 2 is 1.82 bits per heavy atom. The highest BCUT2D eigenvalue weighted by Gasteiger charge is 2.59. The van der Waals surface area contributed by atoms with Crippen molar-refractivity contribution in [3.8, 4) is 17.2 Å². The minimum atomic E-state index is -1.98. The van der Waals surface area contributed by atoms with E-state index >= 15 is 0 Å². The summed E-state index contributed by atoms with van der Waals surface area (Å²) in [7, 11) is 0. The number of hydrogen-bond donors (Lipinski definition) is 8. The fourth-order valence-corrected chi connectivity index (χ4v) is 7.45. The van der Waals surface area contributed by atoms with Gasteiger partial charge >= 0.3 is 5.97 Å². The number of carbonyl (C=O) groups excluding carboxylic acids is 1. The maximum Gasteiger partial charge on any atom is 0.330 e. The van der Waals surface area contributed by atoms with Gasteiger partial charge in [0.25, 0.3) is 5.91 Å². The molecule has 0 aliphatic carbocycles. The summed E-state index contributed by atoms with van der Waals surface area (Å²) in [5.41, 5.74) is 1.69. The minimum Gasteiger partial charge on any atom is -0.508 e. The highest BCUT2D eigenvalue weighted by atomic mass is 16.7. The Hall–Kier alpha value is -4.38. The third kappa shape index (κ3) is 5.93. The van der Waals surface area contributed by atoms with Gasteiger partial charge in [-0.25, -0.2) is 4.79 Å². The number of rotatable bonds is 10. The van der Waals surface area contributed by atoms with E-state index in [0.29, 0.717) is 36.2 Å². The average molecular weight is 696 g/mol. The number of aliphatic carboxylic acids is 1. The number of phenolic OH excluding ortho intramolecular Hbond substituents is 2. The smallest absolute Gasteiger partial charge is 0.330 e. The van der Waals surface area contributed by atoms with Gasteiger partial charge in [-0.2, -0.15) is 0 Å². The van der Waals surface area contributed by atoms with Crippen LogP contribution in [0.2, 0.25) is 0 Å². The first-order chi connectivity index (χ1) is 23.9. The van der Waals surface area contributed by atoms with E-state index in [1.54, 1.807) is 12.1 Å². The number of benzene rings is 2. The minimum absolute atomic E-state index is 0.0262. The summed E-state index contributed by atoms with van der Waals surface area (Å²) < 4.78 is 11.8. The van der Waals surface area contributed by atoms with E-state index in [9.17, 15) is 50.4 Å². The Bertz CT molecular complexity index is 1770. The van der Waals surface area contributed by atoms with Crippen LogP contribution >= 0.6 is 0 Å². The summed E-state index contributed by atoms with van der Waals surface area (Å²) in [6.07, 6.45) is -3.17. The van der Waals surface area contributed by atoms with Crippen molar-refractivity contribution in [2.45, 2.75) is 87.6 Å². The molecule has 0 radical (unpaired) electrons. The van der Waals surface area contributed by atoms with Crippen molar-refractivity contribution < 1.29 is 59.9 Å². The summed E-state index contributed by atoms with van der Waals surface area (Å²) in [6, 6.07) is 6.08. The topological polar surface area (TPSA) is 242 Å². The molecule has 50 heavy (non-hydrogen) atoms. The number of carbonyl (C=O) groups is 2. The summed E-state index contributed by atoms with van der Waals surface area (Å²) >= 11 is 0. The number of aliphatic imine (C=N–C) groups is 2. The number of phenols is 2. The number of carboxylic acids is 1. The summed E-state index contributed by atoms with van der Waals surface area (Å²) in [5, 5.41) is 83.5. The third-order valence-electron chi connectivity index (χ3n) is 10.0. The number of ether oxygens (including phenoxy) is 2. The quantitative estimate of drug-likeness (QED) is 0.159. The number of aromatic hydroxyl groups is 2. The van der Waals surface area contributed by atoms with Crippen LogP contribution in [0.1, 0.15) is 54.9 Å². The van der Waals surface area contributed by atoms with Crippen LogP contribution in [0.15, 0.2) is 40.3 Å². The lowest BCUT2D eigenvalue weighted by Crippen LogP contribution is -2.68. The molecule has 1 saturated heterocycles. The lowest BCUT2D eigenvalue weighted by Gasteiger charge is -2.50. The van der Waals surface area contributed by atoms with Crippen LogP contribution in [0.3, 0.4) is 0 Å². The van der Waals surface area contributed by atoms with Crippen LogP contribution in [-0.2, 0) is 33.6 Å². The molecule has 6 atom stereocenters. The molecule has 0 unspecified atom stereocenters. The van der Waals surface area contributed by atoms with Gasteiger partial charge in [-0.1, -0.05) is 13.0 Å². The molecule has 15 heteroatoms. The largest absolute Gasteiger partial charge is 0.508 e. The molecule has 2 aromatic carbocycles. The lowest BCUT2D eigenvalue weighted by molar-refractivity contribution is -0.342. The van der Waals surface area contributed by atoms with E-state index in [1.165, 1.54) is 24.3 Å². The van der Waals surface area contributed by atoms with E-state index in [2.05, 4.69) is 9.98 Å². The van der Waals surface area contributed by atoms with Crippen molar-refractivity contribution in [2.75, 3.05) is 24.8 Å². The van der Waals surface area contributed by atoms with Crippen molar-refractivity contribution in [3.05, 3.63) is 52.6 Å². The van der Waals surface area contributed by atoms with Crippen LogP contribution in [0, 0.1) is 0 Å². The molecule has 0 saturated carbocycles. The maximum absolute atomic E-state index is 14.2. The maximum atomic E-state index is 14.2. The van der Waals surface area contributed by atoms with Gasteiger partial charge in [0, 0.05) is 43.1 Å². The zero-order valence-corrected chi connectivity index (χ0v) is 27.4. The Labute approximate surface area is 287 Å². The van der Waals surface area contributed by atoms with Crippen molar-refractivity contribution in [3.63, 3.8) is 0 Å². The molecule has 4 aliphatic rings. The van der Waals surface area contributed by atoms with Gasteiger partial charge in [-0.15, -0.1) is 0 Å². The summed E-state index contributed by atoms with van der Waals surface area (Å²) in [6.45, 7) is 1.27. The fraction of sp³-hybridized carbons (Fsp3) is 0.486. The summed E-state index contributed by atoms with van der Waals surface area (Å²) in [4.78, 5) is 37.2. The number of carboxylic acid groups (broad SMARTS) is 1. The predicted molar refractivity (Wildman–Crippen MR) is 179 cm³/mol. The molecule has 268 valence electrons. The number of nitrogens with zero attached hydrogens (tertiary/aromatic N) is 3. The third-order valence-corrected chi connectivity index (χ3v) is 10.0. The van der Waals surface area contributed by atoms with Crippen molar-refractivity contribution in [2.24, 2.45) is 9.98 Å². The van der Waals surface area contributed by atoms with E-state index in [-0.39, 0.29) is 61.5 Å². The molecule has 2 aromatic rings. The monoisotopic (exact) mass is 695 g/mol. The number of aliphatic hydroxyl groups is 5. The molecule has 6 rings (SSSR count).